The first-order valence-electron chi connectivity index (χ1n) is 7.86. The van der Waals surface area contributed by atoms with Crippen molar-refractivity contribution in [3.63, 3.8) is 0 Å². The summed E-state index contributed by atoms with van der Waals surface area (Å²) >= 11 is 0. The van der Waals surface area contributed by atoms with Gasteiger partial charge in [0.05, 0.1) is 18.2 Å². The molecular weight excluding hydrogens is 256 g/mol. The molecule has 1 aliphatic carbocycles. The molecule has 4 unspecified atom stereocenters. The monoisotopic (exact) mass is 284 g/mol. The number of carbonyl (C=O) groups is 1. The Labute approximate surface area is 122 Å². The van der Waals surface area contributed by atoms with Crippen LogP contribution in [-0.2, 0) is 14.3 Å². The molecule has 5 nitrogen and oxygen atoms in total. The Balaban J connectivity index is 1.79. The van der Waals surface area contributed by atoms with Crippen molar-refractivity contribution in [1.29, 1.82) is 0 Å². The molecule has 5 heteroatoms. The summed E-state index contributed by atoms with van der Waals surface area (Å²) in [5.41, 5.74) is 0. The second-order valence-electron chi connectivity index (χ2n) is 5.81. The van der Waals surface area contributed by atoms with Gasteiger partial charge in [0, 0.05) is 32.8 Å². The van der Waals surface area contributed by atoms with Gasteiger partial charge in [0.25, 0.3) is 0 Å². The molecule has 0 aromatic carbocycles. The maximum atomic E-state index is 12.4. The summed E-state index contributed by atoms with van der Waals surface area (Å²) in [4.78, 5) is 14.4. The van der Waals surface area contributed by atoms with Crippen molar-refractivity contribution in [2.45, 2.75) is 63.8 Å². The molecule has 2 aliphatic rings. The van der Waals surface area contributed by atoms with Gasteiger partial charge in [-0.25, -0.2) is 0 Å². The molecule has 2 fully saturated rings. The normalized spacial score (nSPS) is 31.8. The highest BCUT2D eigenvalue weighted by Crippen LogP contribution is 2.27. The fraction of sp³-hybridized carbons (Fsp3) is 0.933. The summed E-state index contributed by atoms with van der Waals surface area (Å²) in [6.45, 7) is 6.47. The zero-order valence-electron chi connectivity index (χ0n) is 12.9. The van der Waals surface area contributed by atoms with E-state index in [1.807, 2.05) is 18.7 Å². The molecule has 1 N–H and O–H groups in total. The number of nitrogens with zero attached hydrogens (tertiary/aromatic N) is 1. The van der Waals surface area contributed by atoms with Crippen LogP contribution in [0.1, 0.15) is 39.5 Å². The molecule has 1 saturated carbocycles. The topological polar surface area (TPSA) is 50.8 Å². The molecule has 20 heavy (non-hydrogen) atoms. The van der Waals surface area contributed by atoms with E-state index in [2.05, 4.69) is 5.32 Å². The molecule has 4 atom stereocenters. The van der Waals surface area contributed by atoms with E-state index in [9.17, 15) is 4.79 Å². The number of rotatable bonds is 6. The summed E-state index contributed by atoms with van der Waals surface area (Å²) in [6, 6.07) is 0.0821. The van der Waals surface area contributed by atoms with E-state index < -0.39 is 0 Å². The average molecular weight is 284 g/mol. The van der Waals surface area contributed by atoms with Crippen LogP contribution in [0.5, 0.6) is 0 Å². The molecule has 0 aromatic heterocycles. The average Bonchev–Trinajstić information content (AvgIpc) is 2.46. The molecule has 0 aromatic rings. The first-order chi connectivity index (χ1) is 9.67. The summed E-state index contributed by atoms with van der Waals surface area (Å²) in [7, 11) is 1.71. The van der Waals surface area contributed by atoms with Gasteiger partial charge in [-0.3, -0.25) is 4.79 Å². The van der Waals surface area contributed by atoms with Crippen LogP contribution < -0.4 is 5.32 Å². The zero-order chi connectivity index (χ0) is 14.5. The van der Waals surface area contributed by atoms with Gasteiger partial charge in [0.2, 0.25) is 5.91 Å². The van der Waals surface area contributed by atoms with Crippen LogP contribution >= 0.6 is 0 Å². The first kappa shape index (κ1) is 15.7. The van der Waals surface area contributed by atoms with Crippen molar-refractivity contribution in [2.24, 2.45) is 0 Å². The lowest BCUT2D eigenvalue weighted by atomic mass is 9.84. The van der Waals surface area contributed by atoms with Crippen molar-refractivity contribution in [3.05, 3.63) is 0 Å². The second kappa shape index (κ2) is 7.38. The predicted octanol–water partition coefficient (Wildman–Crippen LogP) is 1.17. The maximum absolute atomic E-state index is 12.4. The Morgan fingerprint density at radius 2 is 2.05 bits per heavy atom. The SMILES string of the molecule is CCOC1CC(NC(C)C(=O)N2CCCCC2)C1OC. The van der Waals surface area contributed by atoms with Crippen LogP contribution in [0.25, 0.3) is 0 Å². The molecule has 2 rings (SSSR count). The van der Waals surface area contributed by atoms with Crippen molar-refractivity contribution in [3.8, 4) is 0 Å². The number of nitrogens with one attached hydrogen (secondary N) is 1. The highest BCUT2D eigenvalue weighted by atomic mass is 16.5. The molecule has 1 aliphatic heterocycles. The number of likely N-dealkylation sites (tertiary alicyclic amines) is 1. The fourth-order valence-corrected chi connectivity index (χ4v) is 3.22. The van der Waals surface area contributed by atoms with E-state index in [4.69, 9.17) is 9.47 Å². The number of hydrogen-bond donors (Lipinski definition) is 1. The quantitative estimate of drug-likeness (QED) is 0.795. The van der Waals surface area contributed by atoms with Crippen molar-refractivity contribution in [2.75, 3.05) is 26.8 Å². The lowest BCUT2D eigenvalue weighted by Gasteiger charge is -2.44. The zero-order valence-corrected chi connectivity index (χ0v) is 12.9. The van der Waals surface area contributed by atoms with E-state index in [0.717, 1.165) is 32.4 Å². The summed E-state index contributed by atoms with van der Waals surface area (Å²) in [5, 5.41) is 3.41. The van der Waals surface area contributed by atoms with E-state index in [0.29, 0.717) is 6.61 Å². The van der Waals surface area contributed by atoms with Crippen LogP contribution in [-0.4, -0.2) is 61.9 Å². The third kappa shape index (κ3) is 3.51. The highest BCUT2D eigenvalue weighted by molar-refractivity contribution is 5.81. The van der Waals surface area contributed by atoms with Crippen LogP contribution in [0.4, 0.5) is 0 Å². The van der Waals surface area contributed by atoms with Crippen LogP contribution in [0.3, 0.4) is 0 Å². The minimum absolute atomic E-state index is 0.0616. The van der Waals surface area contributed by atoms with Crippen LogP contribution in [0.15, 0.2) is 0 Å². The van der Waals surface area contributed by atoms with Crippen LogP contribution in [0.2, 0.25) is 0 Å². The number of carbonyl (C=O) groups excluding carboxylic acids is 1. The molecule has 116 valence electrons. The standard InChI is InChI=1S/C15H28N2O3/c1-4-20-13-10-12(14(13)19-3)16-11(2)15(18)17-8-6-5-7-9-17/h11-14,16H,4-10H2,1-3H3. The maximum Gasteiger partial charge on any atom is 0.239 e. The minimum Gasteiger partial charge on any atom is -0.377 e. The number of hydrogen-bond acceptors (Lipinski definition) is 4. The summed E-state index contributed by atoms with van der Waals surface area (Å²) < 4.78 is 11.1. The first-order valence-corrected chi connectivity index (χ1v) is 7.86. The minimum atomic E-state index is -0.140. The third-order valence-electron chi connectivity index (χ3n) is 4.40. The summed E-state index contributed by atoms with van der Waals surface area (Å²) in [5.74, 6) is 0.222. The van der Waals surface area contributed by atoms with Gasteiger partial charge in [-0.2, -0.15) is 0 Å². The second-order valence-corrected chi connectivity index (χ2v) is 5.81. The van der Waals surface area contributed by atoms with Gasteiger partial charge < -0.3 is 19.7 Å². The smallest absolute Gasteiger partial charge is 0.239 e. The van der Waals surface area contributed by atoms with Gasteiger partial charge in [-0.15, -0.1) is 0 Å². The van der Waals surface area contributed by atoms with Crippen molar-refractivity contribution < 1.29 is 14.3 Å². The van der Waals surface area contributed by atoms with E-state index in [-0.39, 0.29) is 30.2 Å². The van der Waals surface area contributed by atoms with Gasteiger partial charge in [-0.05, 0) is 39.5 Å². The molecule has 1 saturated heterocycles. The largest absolute Gasteiger partial charge is 0.377 e. The Kier molecular flexibility index (Phi) is 5.81. The number of methoxy groups -OCH3 is 1. The Morgan fingerprint density at radius 1 is 1.35 bits per heavy atom. The highest BCUT2D eigenvalue weighted by Gasteiger charge is 2.43. The predicted molar refractivity (Wildman–Crippen MR) is 77.6 cm³/mol. The van der Waals surface area contributed by atoms with Gasteiger partial charge in [0.15, 0.2) is 0 Å². The van der Waals surface area contributed by atoms with Gasteiger partial charge in [-0.1, -0.05) is 0 Å². The molecule has 0 radical (unpaired) electrons. The lowest BCUT2D eigenvalue weighted by Crippen LogP contribution is -2.63. The Morgan fingerprint density at radius 3 is 2.65 bits per heavy atom. The fourth-order valence-electron chi connectivity index (χ4n) is 3.22. The van der Waals surface area contributed by atoms with E-state index in [1.54, 1.807) is 7.11 Å². The number of amides is 1. The Hall–Kier alpha value is -0.650. The number of piperidine rings is 1. The lowest BCUT2D eigenvalue weighted by molar-refractivity contribution is -0.143. The molecular formula is C15H28N2O3. The molecule has 1 heterocycles. The Bertz CT molecular complexity index is 318. The van der Waals surface area contributed by atoms with E-state index >= 15 is 0 Å². The van der Waals surface area contributed by atoms with Crippen molar-refractivity contribution >= 4 is 5.91 Å². The van der Waals surface area contributed by atoms with Crippen LogP contribution in [0, 0.1) is 0 Å². The van der Waals surface area contributed by atoms with E-state index in [1.165, 1.54) is 6.42 Å². The summed E-state index contributed by atoms with van der Waals surface area (Å²) in [6.07, 6.45) is 4.66. The molecule has 0 spiro atoms. The molecule has 0 bridgehead atoms. The van der Waals surface area contributed by atoms with Crippen molar-refractivity contribution in [1.82, 2.24) is 10.2 Å². The third-order valence-corrected chi connectivity index (χ3v) is 4.40. The number of ether oxygens (including phenoxy) is 2. The molecule has 1 amide bonds. The van der Waals surface area contributed by atoms with Gasteiger partial charge in [0.1, 0.15) is 0 Å². The van der Waals surface area contributed by atoms with Gasteiger partial charge >= 0.3 is 0 Å².